The molecule has 0 spiro atoms. The van der Waals surface area contributed by atoms with Crippen molar-refractivity contribution in [3.63, 3.8) is 0 Å². The Morgan fingerprint density at radius 1 is 0.712 bits per heavy atom. The van der Waals surface area contributed by atoms with Gasteiger partial charge in [-0.15, -0.1) is 9.46 Å². The molecule has 4 saturated carbocycles. The van der Waals surface area contributed by atoms with Crippen LogP contribution in [0.2, 0.25) is 0 Å². The summed E-state index contributed by atoms with van der Waals surface area (Å²) in [7, 11) is 0. The molecule has 2 heterocycles. The van der Waals surface area contributed by atoms with E-state index in [1.54, 1.807) is 0 Å². The fourth-order valence-electron chi connectivity index (χ4n) is 12.2. The van der Waals surface area contributed by atoms with Gasteiger partial charge in [0.2, 0.25) is 35.3 Å². The van der Waals surface area contributed by atoms with Gasteiger partial charge in [-0.1, -0.05) is 20.8 Å². The van der Waals surface area contributed by atoms with Crippen LogP contribution in [0, 0.1) is 46.3 Å². The second kappa shape index (κ2) is 19.3. The number of aliphatic hydroxyl groups excluding tert-OH is 1. The molecule has 3 aromatic rings. The normalized spacial score (nSPS) is 28.2. The second-order valence-corrected chi connectivity index (χ2v) is 19.3. The number of nitrogens with one attached hydrogen (secondary N) is 3. The Kier molecular flexibility index (Phi) is 14.0. The van der Waals surface area contributed by atoms with Crippen molar-refractivity contribution >= 4 is 47.0 Å². The molecule has 0 saturated heterocycles. The summed E-state index contributed by atoms with van der Waals surface area (Å²) in [6.45, 7) is 6.74. The predicted molar refractivity (Wildman–Crippen MR) is 235 cm³/mol. The first-order valence-electron chi connectivity index (χ1n) is 22.8. The van der Waals surface area contributed by atoms with E-state index >= 15 is 0 Å². The molecular formula is C47H61N5O14. The molecule has 19 nitrogen and oxygen atoms in total. The van der Waals surface area contributed by atoms with E-state index in [1.165, 1.54) is 18.2 Å². The van der Waals surface area contributed by atoms with E-state index in [0.717, 1.165) is 62.8 Å². The number of carboxylic acids is 1. The number of carboxylic acid groups (broad SMARTS) is 1. The topological polar surface area (TPSA) is 288 Å². The number of aromatic nitrogens is 2. The van der Waals surface area contributed by atoms with Crippen LogP contribution in [-0.4, -0.2) is 87.9 Å². The molecular weight excluding hydrogens is 859 g/mol. The average molecular weight is 920 g/mol. The number of rotatable bonds is 16. The zero-order chi connectivity index (χ0) is 47.7. The minimum atomic E-state index is -0.935. The van der Waals surface area contributed by atoms with Crippen molar-refractivity contribution in [2.75, 3.05) is 10.6 Å². The minimum Gasteiger partial charge on any atom is -0.492 e. The Balaban J connectivity index is 1.00. The molecule has 0 bridgehead atoms. The highest BCUT2D eigenvalue weighted by Gasteiger charge is 2.63. The van der Waals surface area contributed by atoms with Crippen molar-refractivity contribution in [2.24, 2.45) is 46.3 Å². The second-order valence-electron chi connectivity index (χ2n) is 19.3. The van der Waals surface area contributed by atoms with Gasteiger partial charge < -0.3 is 56.3 Å². The fraction of sp³-hybridized carbons (Fsp3) is 0.574. The molecule has 4 aliphatic rings. The quantitative estimate of drug-likeness (QED) is 0.0905. The number of aliphatic carboxylic acids is 1. The van der Waals surface area contributed by atoms with Gasteiger partial charge in [-0.05, 0) is 122 Å². The Labute approximate surface area is 381 Å². The smallest absolute Gasteiger partial charge is 0.333 e. The van der Waals surface area contributed by atoms with Crippen molar-refractivity contribution in [1.82, 2.24) is 14.8 Å². The van der Waals surface area contributed by atoms with Crippen LogP contribution in [-0.2, 0) is 24.0 Å². The van der Waals surface area contributed by atoms with E-state index in [2.05, 4.69) is 36.7 Å². The molecule has 3 amide bonds. The van der Waals surface area contributed by atoms with Gasteiger partial charge in [-0.25, -0.2) is 9.59 Å². The molecule has 2 aromatic heterocycles. The number of hydrogen-bond donors (Lipinski definition) is 9. The van der Waals surface area contributed by atoms with E-state index < -0.39 is 78.1 Å². The van der Waals surface area contributed by atoms with E-state index in [-0.39, 0.29) is 64.9 Å². The van der Waals surface area contributed by atoms with Crippen LogP contribution in [0.5, 0.6) is 23.5 Å². The van der Waals surface area contributed by atoms with Gasteiger partial charge in [0.05, 0.1) is 18.9 Å². The first-order valence-corrected chi connectivity index (χ1v) is 22.8. The summed E-state index contributed by atoms with van der Waals surface area (Å²) in [6, 6.07) is 8.51. The standard InChI is InChI=1S/C47H61N5O14/c1-25(4-15-42(60)61)32-7-8-33-31-6-5-27-22-28(18-19-46(27,2)34(31)24-35(53)47(32,33)3)50-45(64)26-20-29(48-36(54)9-16-43(62)65-51-38(56)11-12-39(51)57)23-30(21-26)49-37(55)10-17-44(63)66-52-40(58)13-14-41(52)59/h11-14,20-21,23,25,27-28,31-35,53,56-59H,4-10,15-19,22,24H2,1-3H3,(H,48,54)(H,49,55)(H,50,64)(H,60,61)/t25-,27-,28+,31+,32-,33+,34+,35+,46+,47-/m1/s1. The van der Waals surface area contributed by atoms with Crippen molar-refractivity contribution in [2.45, 2.75) is 123 Å². The molecule has 19 heteroatoms. The van der Waals surface area contributed by atoms with Gasteiger partial charge in [-0.2, -0.15) is 0 Å². The van der Waals surface area contributed by atoms with Gasteiger partial charge in [0.15, 0.2) is 0 Å². The first-order chi connectivity index (χ1) is 31.3. The number of fused-ring (bicyclic) bond motifs is 5. The molecule has 1 aromatic carbocycles. The maximum Gasteiger partial charge on any atom is 0.333 e. The molecule has 7 rings (SSSR count). The largest absolute Gasteiger partial charge is 0.492 e. The average Bonchev–Trinajstić information content (AvgIpc) is 3.91. The number of carbonyl (C=O) groups excluding carboxylic acids is 5. The number of anilines is 2. The van der Waals surface area contributed by atoms with Gasteiger partial charge >= 0.3 is 17.9 Å². The Hall–Kier alpha value is -6.24. The molecule has 9 N–H and O–H groups in total. The number of hydrogen-bond acceptors (Lipinski definition) is 13. The summed E-state index contributed by atoms with van der Waals surface area (Å²) in [5, 5.41) is 68.8. The third kappa shape index (κ3) is 9.95. The molecule has 66 heavy (non-hydrogen) atoms. The van der Waals surface area contributed by atoms with Crippen LogP contribution in [0.1, 0.15) is 121 Å². The Morgan fingerprint density at radius 2 is 1.26 bits per heavy atom. The predicted octanol–water partition coefficient (Wildman–Crippen LogP) is 5.09. The molecule has 10 atom stereocenters. The minimum absolute atomic E-state index is 0.0365. The Bertz CT molecular complexity index is 2210. The van der Waals surface area contributed by atoms with Gasteiger partial charge in [-0.3, -0.25) is 19.2 Å². The summed E-state index contributed by atoms with van der Waals surface area (Å²) in [5.74, 6) is -4.60. The third-order valence-electron chi connectivity index (χ3n) is 15.5. The lowest BCUT2D eigenvalue weighted by atomic mass is 9.43. The van der Waals surface area contributed by atoms with Crippen LogP contribution in [0.15, 0.2) is 42.5 Å². The van der Waals surface area contributed by atoms with E-state index in [0.29, 0.717) is 52.4 Å². The van der Waals surface area contributed by atoms with Gasteiger partial charge in [0.25, 0.3) is 5.91 Å². The molecule has 4 fully saturated rings. The van der Waals surface area contributed by atoms with Crippen LogP contribution in [0.25, 0.3) is 0 Å². The van der Waals surface area contributed by atoms with Crippen LogP contribution >= 0.6 is 0 Å². The number of benzene rings is 1. The monoisotopic (exact) mass is 919 g/mol. The van der Waals surface area contributed by atoms with Crippen molar-refractivity contribution in [3.8, 4) is 23.5 Å². The first kappa shape index (κ1) is 47.7. The van der Waals surface area contributed by atoms with Crippen molar-refractivity contribution < 1.29 is 69.1 Å². The zero-order valence-electron chi connectivity index (χ0n) is 37.4. The van der Waals surface area contributed by atoms with Crippen LogP contribution in [0.4, 0.5) is 11.4 Å². The molecule has 4 aliphatic carbocycles. The molecule has 0 aliphatic heterocycles. The lowest BCUT2D eigenvalue weighted by Gasteiger charge is -2.62. The molecule has 0 radical (unpaired) electrons. The fourth-order valence-corrected chi connectivity index (χ4v) is 12.2. The van der Waals surface area contributed by atoms with E-state index in [1.807, 2.05) is 0 Å². The van der Waals surface area contributed by atoms with Gasteiger partial charge in [0.1, 0.15) is 0 Å². The maximum atomic E-state index is 14.1. The SMILES string of the molecule is C[C@H](CCC(=O)O)[C@H]1CC[C@H]2[C@@H]3CC[C@@H]4C[C@@H](NC(=O)c5cc(NC(=O)CCC(=O)On6c(O)ccc6O)cc(NC(=O)CCC(=O)On6c(O)ccc6O)c5)CC[C@]4(C)[C@H]3C[C@H](O)[C@]12C. The number of carbonyl (C=O) groups is 6. The number of aromatic hydroxyl groups is 4. The highest BCUT2D eigenvalue weighted by atomic mass is 16.7. The maximum absolute atomic E-state index is 14.1. The van der Waals surface area contributed by atoms with Crippen LogP contribution in [0.3, 0.4) is 0 Å². The molecule has 0 unspecified atom stereocenters. The number of nitrogens with zero attached hydrogens (tertiary/aromatic N) is 2. The van der Waals surface area contributed by atoms with Crippen molar-refractivity contribution in [1.29, 1.82) is 0 Å². The summed E-state index contributed by atoms with van der Waals surface area (Å²) in [5.41, 5.74) is 0.0369. The Morgan fingerprint density at radius 3 is 1.79 bits per heavy atom. The summed E-state index contributed by atoms with van der Waals surface area (Å²) >= 11 is 0. The van der Waals surface area contributed by atoms with E-state index in [4.69, 9.17) is 9.68 Å². The lowest BCUT2D eigenvalue weighted by molar-refractivity contribution is -0.169. The summed E-state index contributed by atoms with van der Waals surface area (Å²) in [6.07, 6.45) is 5.65. The highest BCUT2D eigenvalue weighted by molar-refractivity contribution is 6.01. The van der Waals surface area contributed by atoms with Crippen molar-refractivity contribution in [3.05, 3.63) is 48.0 Å². The number of aliphatic hydroxyl groups is 1. The summed E-state index contributed by atoms with van der Waals surface area (Å²) < 4.78 is 0.997. The highest BCUT2D eigenvalue weighted by Crippen LogP contribution is 2.68. The van der Waals surface area contributed by atoms with E-state index in [9.17, 15) is 59.4 Å². The lowest BCUT2D eigenvalue weighted by Crippen LogP contribution is -2.59. The third-order valence-corrected chi connectivity index (χ3v) is 15.5. The zero-order valence-corrected chi connectivity index (χ0v) is 37.4. The summed E-state index contributed by atoms with van der Waals surface area (Å²) in [4.78, 5) is 86.2. The van der Waals surface area contributed by atoms with Crippen LogP contribution < -0.4 is 25.6 Å². The van der Waals surface area contributed by atoms with Gasteiger partial charge in [0, 0.05) is 66.5 Å². The number of amides is 3. The molecule has 358 valence electrons.